The summed E-state index contributed by atoms with van der Waals surface area (Å²) < 4.78 is 13.2. The number of hydrogen-bond acceptors (Lipinski definition) is 1. The molecule has 4 heteroatoms. The van der Waals surface area contributed by atoms with E-state index in [-0.39, 0.29) is 11.7 Å². The molecule has 0 aliphatic heterocycles. The Morgan fingerprint density at radius 1 is 1.04 bits per heavy atom. The largest absolute Gasteiger partial charge is 0.321 e. The van der Waals surface area contributed by atoms with Crippen LogP contribution in [0.25, 0.3) is 0 Å². The number of benzene rings is 2. The molecule has 0 aromatic heterocycles. The maximum absolute atomic E-state index is 13.2. The number of anilines is 1. The van der Waals surface area contributed by atoms with E-state index in [4.69, 9.17) is 0 Å². The first-order valence-corrected chi connectivity index (χ1v) is 10.4. The topological polar surface area (TPSA) is 33.5 Å². The van der Waals surface area contributed by atoms with Gasteiger partial charge in [-0.1, -0.05) is 58.0 Å². The molecule has 0 saturated heterocycles. The van der Waals surface area contributed by atoms with Crippen molar-refractivity contribution in [1.82, 2.24) is 0 Å². The van der Waals surface area contributed by atoms with Crippen molar-refractivity contribution < 1.29 is 14.1 Å². The molecule has 1 saturated carbocycles. The van der Waals surface area contributed by atoms with Crippen LogP contribution in [0.15, 0.2) is 42.5 Å². The highest BCUT2D eigenvalue weighted by Crippen LogP contribution is 2.32. The molecule has 3 rings (SSSR count). The average Bonchev–Trinajstić information content (AvgIpc) is 3.48. The van der Waals surface area contributed by atoms with Gasteiger partial charge in [0.15, 0.2) is 6.54 Å². The Balaban J connectivity index is 1.74. The predicted octanol–water partition coefficient (Wildman–Crippen LogP) is 4.26. The highest BCUT2D eigenvalue weighted by atomic mass is 19.1. The molecule has 2 aromatic carbocycles. The SMILES string of the molecule is CC(C)c1cccc(C(C)C)c1NC(=O)C[NH+](Cc1ccc(F)cc1)C1CC1. The zero-order valence-electron chi connectivity index (χ0n) is 17.4. The van der Waals surface area contributed by atoms with Gasteiger partial charge in [-0.25, -0.2) is 4.39 Å². The van der Waals surface area contributed by atoms with Gasteiger partial charge >= 0.3 is 0 Å². The summed E-state index contributed by atoms with van der Waals surface area (Å²) in [5.74, 6) is 0.528. The fraction of sp³-hybridized carbons (Fsp3) is 0.458. The Morgan fingerprint density at radius 2 is 1.61 bits per heavy atom. The van der Waals surface area contributed by atoms with Crippen LogP contribution in [0.2, 0.25) is 0 Å². The van der Waals surface area contributed by atoms with Gasteiger partial charge in [-0.2, -0.15) is 0 Å². The van der Waals surface area contributed by atoms with Gasteiger partial charge in [0.1, 0.15) is 12.4 Å². The van der Waals surface area contributed by atoms with Crippen molar-refractivity contribution in [2.75, 3.05) is 11.9 Å². The van der Waals surface area contributed by atoms with Gasteiger partial charge in [0.2, 0.25) is 0 Å². The monoisotopic (exact) mass is 383 g/mol. The molecule has 1 aliphatic carbocycles. The van der Waals surface area contributed by atoms with Crippen molar-refractivity contribution in [1.29, 1.82) is 0 Å². The Kier molecular flexibility index (Phi) is 6.50. The second kappa shape index (κ2) is 8.87. The van der Waals surface area contributed by atoms with Crippen LogP contribution in [-0.2, 0) is 11.3 Å². The van der Waals surface area contributed by atoms with E-state index >= 15 is 0 Å². The molecule has 1 amide bonds. The van der Waals surface area contributed by atoms with E-state index in [1.54, 1.807) is 0 Å². The molecule has 1 fully saturated rings. The highest BCUT2D eigenvalue weighted by molar-refractivity contribution is 5.93. The number of amides is 1. The van der Waals surface area contributed by atoms with Crippen LogP contribution in [0.5, 0.6) is 0 Å². The molecule has 0 bridgehead atoms. The predicted molar refractivity (Wildman–Crippen MR) is 112 cm³/mol. The number of hydrogen-bond donors (Lipinski definition) is 2. The summed E-state index contributed by atoms with van der Waals surface area (Å²) in [6.45, 7) is 9.82. The average molecular weight is 384 g/mol. The van der Waals surface area contributed by atoms with Gasteiger partial charge in [0.25, 0.3) is 5.91 Å². The highest BCUT2D eigenvalue weighted by Gasteiger charge is 2.34. The van der Waals surface area contributed by atoms with Crippen molar-refractivity contribution >= 4 is 11.6 Å². The van der Waals surface area contributed by atoms with Gasteiger partial charge in [0, 0.05) is 24.1 Å². The molecular weight excluding hydrogens is 351 g/mol. The van der Waals surface area contributed by atoms with E-state index in [1.807, 2.05) is 12.1 Å². The van der Waals surface area contributed by atoms with Crippen molar-refractivity contribution in [3.63, 3.8) is 0 Å². The molecule has 2 aromatic rings. The summed E-state index contributed by atoms with van der Waals surface area (Å²) in [6, 6.07) is 13.5. The first kappa shape index (κ1) is 20.5. The number of rotatable bonds is 8. The van der Waals surface area contributed by atoms with E-state index in [0.717, 1.165) is 30.6 Å². The number of nitrogens with one attached hydrogen (secondary N) is 2. The van der Waals surface area contributed by atoms with Crippen LogP contribution < -0.4 is 10.2 Å². The van der Waals surface area contributed by atoms with Crippen LogP contribution in [0.1, 0.15) is 69.1 Å². The fourth-order valence-corrected chi connectivity index (χ4v) is 3.79. The minimum atomic E-state index is -0.221. The minimum absolute atomic E-state index is 0.0546. The van der Waals surface area contributed by atoms with Crippen LogP contribution in [0.3, 0.4) is 0 Å². The number of quaternary nitrogens is 1. The van der Waals surface area contributed by atoms with E-state index in [2.05, 4.69) is 51.2 Å². The first-order chi connectivity index (χ1) is 13.3. The number of carbonyl (C=O) groups is 1. The Hall–Kier alpha value is -2.20. The van der Waals surface area contributed by atoms with Crippen LogP contribution in [0, 0.1) is 5.82 Å². The molecule has 0 spiro atoms. The molecule has 1 atom stereocenters. The van der Waals surface area contributed by atoms with Gasteiger partial charge in [-0.15, -0.1) is 0 Å². The normalized spacial score (nSPS) is 15.1. The molecule has 28 heavy (non-hydrogen) atoms. The zero-order valence-corrected chi connectivity index (χ0v) is 17.4. The number of para-hydroxylation sites is 1. The lowest BCUT2D eigenvalue weighted by Crippen LogP contribution is -3.13. The summed E-state index contributed by atoms with van der Waals surface area (Å²) in [6.07, 6.45) is 2.31. The summed E-state index contributed by atoms with van der Waals surface area (Å²) in [4.78, 5) is 14.2. The van der Waals surface area contributed by atoms with Crippen molar-refractivity contribution in [2.45, 2.75) is 65.0 Å². The molecule has 1 aliphatic rings. The Labute approximate surface area is 167 Å². The smallest absolute Gasteiger partial charge is 0.279 e. The van der Waals surface area contributed by atoms with Crippen molar-refractivity contribution in [2.24, 2.45) is 0 Å². The molecule has 3 nitrogen and oxygen atoms in total. The Morgan fingerprint density at radius 3 is 2.11 bits per heavy atom. The van der Waals surface area contributed by atoms with E-state index in [0.29, 0.717) is 24.4 Å². The van der Waals surface area contributed by atoms with Crippen LogP contribution in [-0.4, -0.2) is 18.5 Å². The minimum Gasteiger partial charge on any atom is -0.321 e. The lowest BCUT2D eigenvalue weighted by atomic mass is 9.92. The summed E-state index contributed by atoms with van der Waals surface area (Å²) in [5.41, 5.74) is 4.42. The van der Waals surface area contributed by atoms with Crippen molar-refractivity contribution in [3.05, 3.63) is 65.0 Å². The maximum atomic E-state index is 13.2. The molecule has 2 N–H and O–H groups in total. The quantitative estimate of drug-likeness (QED) is 0.702. The van der Waals surface area contributed by atoms with E-state index < -0.39 is 0 Å². The molecule has 150 valence electrons. The van der Waals surface area contributed by atoms with Gasteiger partial charge in [-0.3, -0.25) is 4.79 Å². The second-order valence-electron chi connectivity index (χ2n) is 8.58. The first-order valence-electron chi connectivity index (χ1n) is 10.4. The third-order valence-electron chi connectivity index (χ3n) is 5.52. The van der Waals surface area contributed by atoms with Crippen LogP contribution >= 0.6 is 0 Å². The molecular formula is C24H32FN2O+. The lowest BCUT2D eigenvalue weighted by Gasteiger charge is -2.22. The number of carbonyl (C=O) groups excluding carboxylic acids is 1. The fourth-order valence-electron chi connectivity index (χ4n) is 3.79. The van der Waals surface area contributed by atoms with E-state index in [9.17, 15) is 9.18 Å². The van der Waals surface area contributed by atoms with E-state index in [1.165, 1.54) is 28.2 Å². The third-order valence-corrected chi connectivity index (χ3v) is 5.52. The summed E-state index contributed by atoms with van der Waals surface area (Å²) >= 11 is 0. The Bertz CT molecular complexity index is 784. The maximum Gasteiger partial charge on any atom is 0.279 e. The molecule has 0 radical (unpaired) electrons. The number of halogens is 1. The van der Waals surface area contributed by atoms with Crippen molar-refractivity contribution in [3.8, 4) is 0 Å². The van der Waals surface area contributed by atoms with Gasteiger partial charge in [-0.05, 0) is 35.1 Å². The lowest BCUT2D eigenvalue weighted by molar-refractivity contribution is -0.916. The third kappa shape index (κ3) is 5.20. The van der Waals surface area contributed by atoms with Gasteiger partial charge in [0.05, 0.1) is 6.04 Å². The zero-order chi connectivity index (χ0) is 20.3. The van der Waals surface area contributed by atoms with Gasteiger partial charge < -0.3 is 10.2 Å². The summed E-state index contributed by atoms with van der Waals surface area (Å²) in [7, 11) is 0. The molecule has 1 unspecified atom stereocenters. The molecule has 0 heterocycles. The summed E-state index contributed by atoms with van der Waals surface area (Å²) in [5, 5.41) is 3.23. The second-order valence-corrected chi connectivity index (χ2v) is 8.58. The standard InChI is InChI=1S/C24H31FN2O/c1-16(2)21-6-5-7-22(17(3)4)24(21)26-23(28)15-27(20-12-13-20)14-18-8-10-19(25)11-9-18/h5-11,16-17,20H,12-15H2,1-4H3,(H,26,28)/p+1. The van der Waals surface area contributed by atoms with Crippen LogP contribution in [0.4, 0.5) is 10.1 Å².